The molecule has 22 heavy (non-hydrogen) atoms. The summed E-state index contributed by atoms with van der Waals surface area (Å²) in [6.07, 6.45) is 0. The molecule has 9 nitrogen and oxygen atoms in total. The minimum atomic E-state index is -3.75. The van der Waals surface area contributed by atoms with Crippen molar-refractivity contribution in [1.29, 1.82) is 0 Å². The lowest BCUT2D eigenvalue weighted by Gasteiger charge is -2.37. The van der Waals surface area contributed by atoms with Crippen LogP contribution >= 0.6 is 0 Å². The quantitative estimate of drug-likeness (QED) is 0.761. The number of nitrogens with zero attached hydrogens (tertiary/aromatic N) is 2. The number of fused-ring (bicyclic) bond motifs is 1. The Hall–Kier alpha value is -2.33. The predicted octanol–water partition coefficient (Wildman–Crippen LogP) is -0.827. The third-order valence-electron chi connectivity index (χ3n) is 3.59. The van der Waals surface area contributed by atoms with Crippen LogP contribution in [0.5, 0.6) is 0 Å². The fourth-order valence-electron chi connectivity index (χ4n) is 2.29. The molecule has 1 aromatic carbocycles. The van der Waals surface area contributed by atoms with E-state index in [1.807, 2.05) is 0 Å². The van der Waals surface area contributed by atoms with E-state index in [4.69, 9.17) is 10.2 Å². The number of nitrogens with two attached hydrogens (primary N) is 1. The van der Waals surface area contributed by atoms with E-state index in [0.717, 1.165) is 0 Å². The Morgan fingerprint density at radius 1 is 1.41 bits per heavy atom. The molecule has 1 aliphatic heterocycles. The molecule has 10 heteroatoms. The van der Waals surface area contributed by atoms with Gasteiger partial charge < -0.3 is 15.1 Å². The van der Waals surface area contributed by atoms with Crippen LogP contribution in [0.3, 0.4) is 0 Å². The zero-order chi connectivity index (χ0) is 16.1. The summed E-state index contributed by atoms with van der Waals surface area (Å²) in [5, 5.41) is 0. The van der Waals surface area contributed by atoms with Gasteiger partial charge in [-0.05, 0) is 18.2 Å². The minimum absolute atomic E-state index is 0.0222. The van der Waals surface area contributed by atoms with Crippen LogP contribution in [0.1, 0.15) is 0 Å². The van der Waals surface area contributed by atoms with Gasteiger partial charge in [-0.25, -0.2) is 22.7 Å². The van der Waals surface area contributed by atoms with Crippen LogP contribution in [0, 0.1) is 0 Å². The molecule has 0 aliphatic carbocycles. The highest BCUT2D eigenvalue weighted by atomic mass is 32.2. The predicted molar refractivity (Wildman–Crippen MR) is 76.7 cm³/mol. The summed E-state index contributed by atoms with van der Waals surface area (Å²) in [6, 6.07) is 3.21. The lowest BCUT2D eigenvalue weighted by Crippen LogP contribution is -2.62. The second kappa shape index (κ2) is 4.85. The molecule has 1 aliphatic rings. The zero-order valence-corrected chi connectivity index (χ0v) is 12.5. The number of carbonyl (C=O) groups is 1. The maximum Gasteiger partial charge on any atom is 0.419 e. The Morgan fingerprint density at radius 3 is 2.73 bits per heavy atom. The number of aryl methyl sites for hydroxylation is 1. The van der Waals surface area contributed by atoms with Crippen LogP contribution in [0.25, 0.3) is 11.1 Å². The van der Waals surface area contributed by atoms with Crippen molar-refractivity contribution in [1.82, 2.24) is 14.2 Å². The summed E-state index contributed by atoms with van der Waals surface area (Å²) in [5.74, 6) is -0.561. The first-order valence-electron chi connectivity index (χ1n) is 6.44. The Morgan fingerprint density at radius 2 is 2.09 bits per heavy atom. The van der Waals surface area contributed by atoms with E-state index in [2.05, 4.69) is 4.72 Å². The van der Waals surface area contributed by atoms with Crippen LogP contribution in [0.4, 0.5) is 4.79 Å². The van der Waals surface area contributed by atoms with Crippen LogP contribution in [0.15, 0.2) is 32.3 Å². The molecule has 0 spiro atoms. The SMILES string of the molecule is Cn1c(=O)oc2ccc(S(=O)(=O)NC3CN(C(N)=O)C3)cc21. The fourth-order valence-corrected chi connectivity index (χ4v) is 3.53. The number of oxazole rings is 1. The maximum atomic E-state index is 12.3. The van der Waals surface area contributed by atoms with Gasteiger partial charge in [-0.15, -0.1) is 0 Å². The molecule has 0 saturated carbocycles. The molecule has 0 bridgehead atoms. The summed E-state index contributed by atoms with van der Waals surface area (Å²) in [7, 11) is -2.26. The van der Waals surface area contributed by atoms with Gasteiger partial charge in [-0.2, -0.15) is 0 Å². The van der Waals surface area contributed by atoms with Gasteiger partial charge in [-0.3, -0.25) is 4.57 Å². The number of rotatable bonds is 3. The third-order valence-corrected chi connectivity index (χ3v) is 5.11. The van der Waals surface area contributed by atoms with E-state index in [1.165, 1.54) is 34.7 Å². The van der Waals surface area contributed by atoms with Crippen molar-refractivity contribution in [2.45, 2.75) is 10.9 Å². The van der Waals surface area contributed by atoms with Gasteiger partial charge >= 0.3 is 11.8 Å². The molecule has 0 unspecified atom stereocenters. The van der Waals surface area contributed by atoms with Crippen LogP contribution in [-0.4, -0.2) is 43.0 Å². The Balaban J connectivity index is 1.85. The first-order chi connectivity index (χ1) is 10.3. The second-order valence-corrected chi connectivity index (χ2v) is 6.83. The fraction of sp³-hybridized carbons (Fsp3) is 0.333. The molecule has 0 atom stereocenters. The summed E-state index contributed by atoms with van der Waals surface area (Å²) < 4.78 is 33.3. The summed E-state index contributed by atoms with van der Waals surface area (Å²) in [4.78, 5) is 23.6. The van der Waals surface area contributed by atoms with Gasteiger partial charge in [0.15, 0.2) is 5.58 Å². The van der Waals surface area contributed by atoms with Crippen molar-refractivity contribution in [2.24, 2.45) is 12.8 Å². The van der Waals surface area contributed by atoms with Crippen LogP contribution in [0.2, 0.25) is 0 Å². The first-order valence-corrected chi connectivity index (χ1v) is 7.92. The Kier molecular flexibility index (Phi) is 3.22. The van der Waals surface area contributed by atoms with E-state index in [9.17, 15) is 18.0 Å². The number of carbonyl (C=O) groups excluding carboxylic acids is 1. The van der Waals surface area contributed by atoms with Gasteiger partial charge in [-0.1, -0.05) is 0 Å². The highest BCUT2D eigenvalue weighted by molar-refractivity contribution is 7.89. The number of hydrogen-bond acceptors (Lipinski definition) is 5. The van der Waals surface area contributed by atoms with Crippen molar-refractivity contribution in [3.8, 4) is 0 Å². The van der Waals surface area contributed by atoms with Gasteiger partial charge in [0.25, 0.3) is 0 Å². The topological polar surface area (TPSA) is 128 Å². The molecule has 3 N–H and O–H groups in total. The standard InChI is InChI=1S/C12H14N4O5S/c1-15-9-4-8(2-3-10(9)21-12(15)18)22(19,20)14-7-5-16(6-7)11(13)17/h2-4,7,14H,5-6H2,1H3,(H2,13,17). The van der Waals surface area contributed by atoms with Crippen molar-refractivity contribution in [3.63, 3.8) is 0 Å². The van der Waals surface area contributed by atoms with E-state index < -0.39 is 21.8 Å². The third kappa shape index (κ3) is 2.35. The molecular weight excluding hydrogens is 312 g/mol. The number of aromatic nitrogens is 1. The molecule has 1 aromatic heterocycles. The second-order valence-electron chi connectivity index (χ2n) is 5.12. The molecular formula is C12H14N4O5S. The maximum absolute atomic E-state index is 12.3. The first kappa shape index (κ1) is 14.6. The van der Waals surface area contributed by atoms with Gasteiger partial charge in [0.05, 0.1) is 16.5 Å². The smallest absolute Gasteiger partial charge is 0.408 e. The van der Waals surface area contributed by atoms with E-state index >= 15 is 0 Å². The Bertz CT molecular complexity index is 907. The Labute approximate surface area is 125 Å². The molecule has 1 saturated heterocycles. The van der Waals surface area contributed by atoms with Crippen molar-refractivity contribution < 1.29 is 17.6 Å². The molecule has 118 valence electrons. The molecule has 3 rings (SSSR count). The number of benzene rings is 1. The zero-order valence-electron chi connectivity index (χ0n) is 11.6. The van der Waals surface area contributed by atoms with E-state index in [1.54, 1.807) is 0 Å². The summed E-state index contributed by atoms with van der Waals surface area (Å²) in [6.45, 7) is 0.474. The number of sulfonamides is 1. The molecule has 2 aromatic rings. The monoisotopic (exact) mass is 326 g/mol. The van der Waals surface area contributed by atoms with Crippen LogP contribution in [-0.2, 0) is 17.1 Å². The van der Waals surface area contributed by atoms with Gasteiger partial charge in [0.2, 0.25) is 10.0 Å². The van der Waals surface area contributed by atoms with E-state index in [0.29, 0.717) is 11.1 Å². The average molecular weight is 326 g/mol. The number of hydrogen-bond donors (Lipinski definition) is 2. The van der Waals surface area contributed by atoms with Crippen molar-refractivity contribution >= 4 is 27.2 Å². The minimum Gasteiger partial charge on any atom is -0.408 e. The molecule has 0 radical (unpaired) electrons. The number of primary amides is 1. The van der Waals surface area contributed by atoms with E-state index in [-0.39, 0.29) is 24.0 Å². The van der Waals surface area contributed by atoms with Crippen molar-refractivity contribution in [3.05, 3.63) is 28.7 Å². The molecule has 2 amide bonds. The van der Waals surface area contributed by atoms with Gasteiger partial charge in [0, 0.05) is 20.1 Å². The molecule has 1 fully saturated rings. The summed E-state index contributed by atoms with van der Waals surface area (Å²) in [5.41, 5.74) is 5.79. The lowest BCUT2D eigenvalue weighted by atomic mass is 10.1. The number of urea groups is 1. The largest absolute Gasteiger partial charge is 0.419 e. The van der Waals surface area contributed by atoms with Crippen molar-refractivity contribution in [2.75, 3.05) is 13.1 Å². The van der Waals surface area contributed by atoms with Gasteiger partial charge in [0.1, 0.15) is 0 Å². The molecule has 2 heterocycles. The number of nitrogens with one attached hydrogen (secondary N) is 1. The average Bonchev–Trinajstić information content (AvgIpc) is 2.68. The highest BCUT2D eigenvalue weighted by Crippen LogP contribution is 2.19. The lowest BCUT2D eigenvalue weighted by molar-refractivity contribution is 0.155. The highest BCUT2D eigenvalue weighted by Gasteiger charge is 2.33. The normalized spacial score (nSPS) is 16.0. The number of likely N-dealkylation sites (tertiary alicyclic amines) is 1. The number of amides is 2. The van der Waals surface area contributed by atoms with Crippen LogP contribution < -0.4 is 16.2 Å². The summed E-state index contributed by atoms with van der Waals surface area (Å²) >= 11 is 0.